The minimum Gasteiger partial charge on any atom is -0.495 e. The van der Waals surface area contributed by atoms with Gasteiger partial charge in [0.1, 0.15) is 11.8 Å². The number of ether oxygens (including phenoxy) is 1. The fourth-order valence-electron chi connectivity index (χ4n) is 3.05. The van der Waals surface area contributed by atoms with Crippen molar-refractivity contribution in [3.63, 3.8) is 0 Å². The molecule has 0 aromatic heterocycles. The minimum atomic E-state index is -4.04. The number of methoxy groups -OCH3 is 1. The van der Waals surface area contributed by atoms with Crippen LogP contribution < -0.4 is 14.8 Å². The molecule has 32 heavy (non-hydrogen) atoms. The zero-order valence-corrected chi connectivity index (χ0v) is 19.5. The maximum Gasteiger partial charge on any atom is 0.241 e. The van der Waals surface area contributed by atoms with Gasteiger partial charge in [-0.2, -0.15) is 4.72 Å². The van der Waals surface area contributed by atoms with Gasteiger partial charge >= 0.3 is 0 Å². The minimum absolute atomic E-state index is 0.0692. The van der Waals surface area contributed by atoms with E-state index in [1.807, 2.05) is 36.4 Å². The largest absolute Gasteiger partial charge is 0.495 e. The first kappa shape index (κ1) is 24.1. The SMILES string of the molecule is COc1ccc(S(=O)(=O)N[C@@H](Cc2ccccc2)C(=O)NCc2ccccc2Cl)cc1Cl. The third-order valence-electron chi connectivity index (χ3n) is 4.74. The maximum atomic E-state index is 13.0. The van der Waals surface area contributed by atoms with E-state index in [9.17, 15) is 13.2 Å². The van der Waals surface area contributed by atoms with Gasteiger partial charge in [0, 0.05) is 11.6 Å². The summed E-state index contributed by atoms with van der Waals surface area (Å²) in [6.45, 7) is 0.167. The Labute approximate surface area is 197 Å². The van der Waals surface area contributed by atoms with Crippen molar-refractivity contribution in [3.05, 3.63) is 94.0 Å². The Morgan fingerprint density at radius 2 is 1.66 bits per heavy atom. The Morgan fingerprint density at radius 1 is 0.969 bits per heavy atom. The van der Waals surface area contributed by atoms with E-state index in [1.54, 1.807) is 18.2 Å². The molecule has 3 aromatic rings. The van der Waals surface area contributed by atoms with Crippen molar-refractivity contribution in [1.82, 2.24) is 10.0 Å². The van der Waals surface area contributed by atoms with Crippen molar-refractivity contribution in [2.24, 2.45) is 0 Å². The normalized spacial score (nSPS) is 12.2. The van der Waals surface area contributed by atoms with Crippen molar-refractivity contribution in [2.75, 3.05) is 7.11 Å². The van der Waals surface area contributed by atoms with Crippen LogP contribution in [0.2, 0.25) is 10.0 Å². The van der Waals surface area contributed by atoms with Crippen molar-refractivity contribution in [3.8, 4) is 5.75 Å². The summed E-state index contributed by atoms with van der Waals surface area (Å²) in [6.07, 6.45) is 0.165. The predicted octanol–water partition coefficient (Wildman–Crippen LogP) is 4.21. The first-order chi connectivity index (χ1) is 15.3. The van der Waals surface area contributed by atoms with Crippen LogP contribution in [0.25, 0.3) is 0 Å². The van der Waals surface area contributed by atoms with E-state index in [-0.39, 0.29) is 22.9 Å². The molecule has 0 saturated carbocycles. The molecule has 1 amide bonds. The van der Waals surface area contributed by atoms with Gasteiger partial charge in [-0.15, -0.1) is 0 Å². The molecule has 6 nitrogen and oxygen atoms in total. The van der Waals surface area contributed by atoms with E-state index in [2.05, 4.69) is 10.0 Å². The van der Waals surface area contributed by atoms with Gasteiger partial charge in [0.05, 0.1) is 17.0 Å². The summed E-state index contributed by atoms with van der Waals surface area (Å²) < 4.78 is 33.6. The Balaban J connectivity index is 1.82. The first-order valence-corrected chi connectivity index (χ1v) is 11.9. The lowest BCUT2D eigenvalue weighted by atomic mass is 10.1. The van der Waals surface area contributed by atoms with Crippen LogP contribution in [0, 0.1) is 0 Å². The van der Waals surface area contributed by atoms with Gasteiger partial charge in [0.25, 0.3) is 0 Å². The topological polar surface area (TPSA) is 84.5 Å². The lowest BCUT2D eigenvalue weighted by Crippen LogP contribution is -2.47. The quantitative estimate of drug-likeness (QED) is 0.468. The molecule has 1 atom stereocenters. The lowest BCUT2D eigenvalue weighted by Gasteiger charge is -2.19. The summed E-state index contributed by atoms with van der Waals surface area (Å²) in [4.78, 5) is 12.9. The zero-order valence-electron chi connectivity index (χ0n) is 17.2. The summed E-state index contributed by atoms with van der Waals surface area (Å²) in [5, 5.41) is 3.43. The van der Waals surface area contributed by atoms with E-state index < -0.39 is 22.0 Å². The monoisotopic (exact) mass is 492 g/mol. The molecule has 0 aliphatic rings. The molecule has 3 aromatic carbocycles. The average molecular weight is 493 g/mol. The highest BCUT2D eigenvalue weighted by molar-refractivity contribution is 7.89. The van der Waals surface area contributed by atoms with Gasteiger partial charge in [-0.3, -0.25) is 4.79 Å². The molecule has 9 heteroatoms. The molecule has 0 fully saturated rings. The summed E-state index contributed by atoms with van der Waals surface area (Å²) in [6, 6.07) is 19.3. The third-order valence-corrected chi connectivity index (χ3v) is 6.87. The van der Waals surface area contributed by atoms with Crippen molar-refractivity contribution in [1.29, 1.82) is 0 Å². The Bertz CT molecular complexity index is 1190. The lowest BCUT2D eigenvalue weighted by molar-refractivity contribution is -0.122. The zero-order chi connectivity index (χ0) is 23.1. The summed E-state index contributed by atoms with van der Waals surface area (Å²) in [7, 11) is -2.60. The Kier molecular flexibility index (Phi) is 8.15. The van der Waals surface area contributed by atoms with Gasteiger partial charge in [-0.05, 0) is 41.8 Å². The molecule has 0 spiro atoms. The van der Waals surface area contributed by atoms with Crippen LogP contribution in [0.1, 0.15) is 11.1 Å². The van der Waals surface area contributed by atoms with Crippen molar-refractivity contribution in [2.45, 2.75) is 23.9 Å². The summed E-state index contributed by atoms with van der Waals surface area (Å²) >= 11 is 12.2. The second-order valence-corrected chi connectivity index (χ2v) is 9.50. The molecule has 0 bridgehead atoms. The van der Waals surface area contributed by atoms with Gasteiger partial charge in [-0.25, -0.2) is 8.42 Å². The van der Waals surface area contributed by atoms with Crippen molar-refractivity contribution < 1.29 is 17.9 Å². The molecular weight excluding hydrogens is 471 g/mol. The van der Waals surface area contributed by atoms with Gasteiger partial charge < -0.3 is 10.1 Å². The van der Waals surface area contributed by atoms with Crippen molar-refractivity contribution >= 4 is 39.1 Å². The average Bonchev–Trinajstić information content (AvgIpc) is 2.78. The van der Waals surface area contributed by atoms with E-state index >= 15 is 0 Å². The van der Waals surface area contributed by atoms with Gasteiger partial charge in [-0.1, -0.05) is 71.7 Å². The molecule has 0 aliphatic carbocycles. The number of carbonyl (C=O) groups excluding carboxylic acids is 1. The number of hydrogen-bond donors (Lipinski definition) is 2. The fraction of sp³-hybridized carbons (Fsp3) is 0.174. The van der Waals surface area contributed by atoms with Gasteiger partial charge in [0.2, 0.25) is 15.9 Å². The van der Waals surface area contributed by atoms with Crippen LogP contribution in [0.15, 0.2) is 77.7 Å². The molecule has 0 unspecified atom stereocenters. The number of carbonyl (C=O) groups is 1. The molecule has 2 N–H and O–H groups in total. The van der Waals surface area contributed by atoms with E-state index in [1.165, 1.54) is 25.3 Å². The number of hydrogen-bond acceptors (Lipinski definition) is 4. The standard InChI is InChI=1S/C23H22Cl2N2O4S/c1-31-22-12-11-18(14-20(22)25)32(29,30)27-21(13-16-7-3-2-4-8-16)23(28)26-15-17-9-5-6-10-19(17)24/h2-12,14,21,27H,13,15H2,1H3,(H,26,28)/t21-/m0/s1. The number of sulfonamides is 1. The Hall–Kier alpha value is -2.58. The van der Waals surface area contributed by atoms with Crippen LogP contribution in [0.3, 0.4) is 0 Å². The molecule has 0 heterocycles. The maximum absolute atomic E-state index is 13.0. The second-order valence-electron chi connectivity index (χ2n) is 6.97. The van der Waals surface area contributed by atoms with E-state index in [0.717, 1.165) is 11.1 Å². The third kappa shape index (κ3) is 6.23. The molecule has 0 radical (unpaired) electrons. The smallest absolute Gasteiger partial charge is 0.241 e. The number of rotatable bonds is 9. The van der Waals surface area contributed by atoms with E-state index in [0.29, 0.717) is 10.8 Å². The highest BCUT2D eigenvalue weighted by atomic mass is 35.5. The molecule has 0 aliphatic heterocycles. The van der Waals surface area contributed by atoms with Crippen LogP contribution in [-0.2, 0) is 27.8 Å². The van der Waals surface area contributed by atoms with Gasteiger partial charge in [0.15, 0.2) is 0 Å². The highest BCUT2D eigenvalue weighted by Gasteiger charge is 2.26. The van der Waals surface area contributed by atoms with Crippen LogP contribution in [-0.4, -0.2) is 27.5 Å². The van der Waals surface area contributed by atoms with Crippen LogP contribution >= 0.6 is 23.2 Å². The van der Waals surface area contributed by atoms with E-state index in [4.69, 9.17) is 27.9 Å². The highest BCUT2D eigenvalue weighted by Crippen LogP contribution is 2.27. The van der Waals surface area contributed by atoms with Crippen LogP contribution in [0.4, 0.5) is 0 Å². The predicted molar refractivity (Wildman–Crippen MR) is 126 cm³/mol. The number of nitrogens with one attached hydrogen (secondary N) is 2. The van der Waals surface area contributed by atoms with Crippen LogP contribution in [0.5, 0.6) is 5.75 Å². The summed E-state index contributed by atoms with van der Waals surface area (Å²) in [5.74, 6) is -0.124. The summed E-state index contributed by atoms with van der Waals surface area (Å²) in [5.41, 5.74) is 1.53. The number of benzene rings is 3. The first-order valence-electron chi connectivity index (χ1n) is 9.71. The second kappa shape index (κ2) is 10.8. The molecule has 168 valence electrons. The Morgan fingerprint density at radius 3 is 2.31 bits per heavy atom. The fourth-order valence-corrected chi connectivity index (χ4v) is 4.80. The number of halogens is 2. The molecule has 3 rings (SSSR count). The number of amides is 1. The molecule has 0 saturated heterocycles. The molecular formula is C23H22Cl2N2O4S.